The van der Waals surface area contributed by atoms with Gasteiger partial charge in [0.05, 0.1) is 10.6 Å². The largest absolute Gasteiger partial charge is 0.452 e. The summed E-state index contributed by atoms with van der Waals surface area (Å²) < 4.78 is 4.95. The van der Waals surface area contributed by atoms with E-state index in [0.717, 1.165) is 6.42 Å². The van der Waals surface area contributed by atoms with Gasteiger partial charge in [0.25, 0.3) is 5.91 Å². The zero-order chi connectivity index (χ0) is 15.9. The van der Waals surface area contributed by atoms with Crippen molar-refractivity contribution in [1.29, 1.82) is 0 Å². The monoisotopic (exact) mass is 317 g/mol. The third kappa shape index (κ3) is 4.33. The topological polar surface area (TPSA) is 55.4 Å². The molecule has 0 unspecified atom stereocenters. The number of carbonyl (C=O) groups excluding carboxylic acids is 2. The molecule has 22 heavy (non-hydrogen) atoms. The number of hydrogen-bond acceptors (Lipinski definition) is 3. The Morgan fingerprint density at radius 2 is 1.77 bits per heavy atom. The van der Waals surface area contributed by atoms with Gasteiger partial charge in [0.2, 0.25) is 0 Å². The van der Waals surface area contributed by atoms with Crippen LogP contribution in [0.1, 0.15) is 22.8 Å². The summed E-state index contributed by atoms with van der Waals surface area (Å²) in [6, 6.07) is 14.0. The number of esters is 1. The van der Waals surface area contributed by atoms with Crippen molar-refractivity contribution in [2.45, 2.75) is 13.3 Å². The molecule has 0 fully saturated rings. The van der Waals surface area contributed by atoms with E-state index < -0.39 is 11.9 Å². The smallest absolute Gasteiger partial charge is 0.340 e. The fraction of sp³-hybridized carbons (Fsp3) is 0.176. The zero-order valence-corrected chi connectivity index (χ0v) is 12.9. The Hall–Kier alpha value is -2.33. The van der Waals surface area contributed by atoms with Crippen molar-refractivity contribution in [1.82, 2.24) is 0 Å². The van der Waals surface area contributed by atoms with Gasteiger partial charge >= 0.3 is 5.97 Å². The first-order chi connectivity index (χ1) is 10.6. The molecule has 0 saturated carbocycles. The molecule has 1 N–H and O–H groups in total. The first-order valence-corrected chi connectivity index (χ1v) is 7.28. The van der Waals surface area contributed by atoms with Crippen molar-refractivity contribution in [2.24, 2.45) is 0 Å². The molecule has 4 nitrogen and oxygen atoms in total. The highest BCUT2D eigenvalue weighted by Gasteiger charge is 2.13. The van der Waals surface area contributed by atoms with Gasteiger partial charge < -0.3 is 10.1 Å². The molecular weight excluding hydrogens is 302 g/mol. The maximum absolute atomic E-state index is 11.8. The van der Waals surface area contributed by atoms with Gasteiger partial charge in [-0.25, -0.2) is 4.79 Å². The molecule has 0 radical (unpaired) electrons. The van der Waals surface area contributed by atoms with Gasteiger partial charge in [-0.3, -0.25) is 4.79 Å². The number of nitrogens with one attached hydrogen (secondary N) is 1. The third-order valence-electron chi connectivity index (χ3n) is 3.07. The molecule has 0 aromatic heterocycles. The van der Waals surface area contributed by atoms with Gasteiger partial charge in [0.1, 0.15) is 0 Å². The molecule has 0 aliphatic carbocycles. The van der Waals surface area contributed by atoms with Crippen LogP contribution in [0.3, 0.4) is 0 Å². The average Bonchev–Trinajstić information content (AvgIpc) is 2.54. The van der Waals surface area contributed by atoms with Crippen LogP contribution in [0.2, 0.25) is 5.02 Å². The number of benzene rings is 2. The van der Waals surface area contributed by atoms with E-state index in [1.807, 2.05) is 24.3 Å². The van der Waals surface area contributed by atoms with Gasteiger partial charge in [0.15, 0.2) is 6.61 Å². The van der Waals surface area contributed by atoms with Gasteiger partial charge in [-0.1, -0.05) is 42.8 Å². The van der Waals surface area contributed by atoms with Crippen molar-refractivity contribution < 1.29 is 14.3 Å². The van der Waals surface area contributed by atoms with Crippen molar-refractivity contribution in [3.8, 4) is 0 Å². The van der Waals surface area contributed by atoms with E-state index in [9.17, 15) is 9.59 Å². The Labute approximate surface area is 134 Å². The Morgan fingerprint density at radius 3 is 2.41 bits per heavy atom. The van der Waals surface area contributed by atoms with Crippen LogP contribution in [0.15, 0.2) is 48.5 Å². The highest BCUT2D eigenvalue weighted by atomic mass is 35.5. The predicted octanol–water partition coefficient (Wildman–Crippen LogP) is 3.70. The van der Waals surface area contributed by atoms with Crippen LogP contribution in [0.25, 0.3) is 0 Å². The Balaban J connectivity index is 1.87. The molecule has 0 atom stereocenters. The summed E-state index contributed by atoms with van der Waals surface area (Å²) in [5, 5.41) is 2.96. The molecular formula is C17H16ClNO3. The fourth-order valence-corrected chi connectivity index (χ4v) is 2.07. The number of halogens is 1. The summed E-state index contributed by atoms with van der Waals surface area (Å²) in [5.41, 5.74) is 2.09. The second kappa shape index (κ2) is 7.61. The highest BCUT2D eigenvalue weighted by Crippen LogP contribution is 2.16. The summed E-state index contributed by atoms with van der Waals surface area (Å²) in [6.45, 7) is 1.70. The molecule has 0 aliphatic heterocycles. The lowest BCUT2D eigenvalue weighted by Crippen LogP contribution is -2.21. The van der Waals surface area contributed by atoms with Gasteiger partial charge in [-0.15, -0.1) is 0 Å². The minimum atomic E-state index is -0.623. The lowest BCUT2D eigenvalue weighted by atomic mass is 10.1. The maximum Gasteiger partial charge on any atom is 0.340 e. The van der Waals surface area contributed by atoms with E-state index in [2.05, 4.69) is 12.2 Å². The Morgan fingerprint density at radius 1 is 1.09 bits per heavy atom. The van der Waals surface area contributed by atoms with Crippen LogP contribution in [0.4, 0.5) is 5.69 Å². The van der Waals surface area contributed by atoms with E-state index in [4.69, 9.17) is 16.3 Å². The second-order valence-corrected chi connectivity index (χ2v) is 5.06. The maximum atomic E-state index is 11.8. The van der Waals surface area contributed by atoms with Crippen molar-refractivity contribution in [2.75, 3.05) is 11.9 Å². The van der Waals surface area contributed by atoms with E-state index in [1.54, 1.807) is 24.3 Å². The van der Waals surface area contributed by atoms with E-state index in [-0.39, 0.29) is 12.2 Å². The third-order valence-corrected chi connectivity index (χ3v) is 3.40. The van der Waals surface area contributed by atoms with Crippen molar-refractivity contribution in [3.05, 3.63) is 64.7 Å². The number of carbonyl (C=O) groups is 2. The normalized spacial score (nSPS) is 10.1. The van der Waals surface area contributed by atoms with Crippen molar-refractivity contribution >= 4 is 29.2 Å². The summed E-state index contributed by atoms with van der Waals surface area (Å²) >= 11 is 5.89. The molecule has 1 amide bonds. The molecule has 0 spiro atoms. The summed E-state index contributed by atoms with van der Waals surface area (Å²) in [5.74, 6) is -1.02. The molecule has 0 aliphatic rings. The van der Waals surface area contributed by atoms with E-state index in [0.29, 0.717) is 10.7 Å². The van der Waals surface area contributed by atoms with Crippen LogP contribution in [-0.4, -0.2) is 18.5 Å². The molecule has 5 heteroatoms. The first-order valence-electron chi connectivity index (χ1n) is 6.90. The number of ether oxygens (including phenoxy) is 1. The highest BCUT2D eigenvalue weighted by molar-refractivity contribution is 6.33. The van der Waals surface area contributed by atoms with E-state index >= 15 is 0 Å². The molecule has 114 valence electrons. The minimum Gasteiger partial charge on any atom is -0.452 e. The Kier molecular flexibility index (Phi) is 5.55. The van der Waals surface area contributed by atoms with Crippen molar-refractivity contribution in [3.63, 3.8) is 0 Å². The second-order valence-electron chi connectivity index (χ2n) is 4.65. The van der Waals surface area contributed by atoms with Crippen LogP contribution in [0.5, 0.6) is 0 Å². The van der Waals surface area contributed by atoms with Gasteiger partial charge in [-0.05, 0) is 36.2 Å². The zero-order valence-electron chi connectivity index (χ0n) is 12.1. The number of rotatable bonds is 5. The van der Waals surface area contributed by atoms with Gasteiger partial charge in [0, 0.05) is 5.69 Å². The molecule has 2 aromatic carbocycles. The van der Waals surface area contributed by atoms with E-state index in [1.165, 1.54) is 5.56 Å². The summed E-state index contributed by atoms with van der Waals surface area (Å²) in [6.07, 6.45) is 0.934. The molecule has 2 aromatic rings. The molecule has 2 rings (SSSR count). The van der Waals surface area contributed by atoms with Gasteiger partial charge in [-0.2, -0.15) is 0 Å². The quantitative estimate of drug-likeness (QED) is 0.855. The van der Waals surface area contributed by atoms with Crippen LogP contribution < -0.4 is 5.32 Å². The SMILES string of the molecule is CCc1ccc(NC(=O)COC(=O)c2ccccc2Cl)cc1. The van der Waals surface area contributed by atoms with Crippen LogP contribution in [-0.2, 0) is 16.0 Å². The predicted molar refractivity (Wildman–Crippen MR) is 86.2 cm³/mol. The van der Waals surface area contributed by atoms with Crippen LogP contribution in [0, 0.1) is 0 Å². The lowest BCUT2D eigenvalue weighted by molar-refractivity contribution is -0.119. The molecule has 0 bridgehead atoms. The average molecular weight is 318 g/mol. The number of hydrogen-bond donors (Lipinski definition) is 1. The summed E-state index contributed by atoms with van der Waals surface area (Å²) in [7, 11) is 0. The number of aryl methyl sites for hydroxylation is 1. The minimum absolute atomic E-state index is 0.240. The standard InChI is InChI=1S/C17H16ClNO3/c1-2-12-7-9-13(10-8-12)19-16(20)11-22-17(21)14-5-3-4-6-15(14)18/h3-10H,2,11H2,1H3,(H,19,20). The first kappa shape index (κ1) is 16.0. The number of amides is 1. The molecule has 0 saturated heterocycles. The lowest BCUT2D eigenvalue weighted by Gasteiger charge is -2.08. The summed E-state index contributed by atoms with van der Waals surface area (Å²) in [4.78, 5) is 23.6. The molecule has 0 heterocycles. The Bertz CT molecular complexity index is 668. The van der Waals surface area contributed by atoms with Crippen LogP contribution >= 0.6 is 11.6 Å². The fourth-order valence-electron chi connectivity index (χ4n) is 1.86. The number of anilines is 1.